The van der Waals surface area contributed by atoms with Crippen LogP contribution in [0.4, 0.5) is 5.69 Å². The van der Waals surface area contributed by atoms with Gasteiger partial charge in [-0.05, 0) is 65.9 Å². The third-order valence-corrected chi connectivity index (χ3v) is 7.27. The first-order valence-electron chi connectivity index (χ1n) is 8.59. The van der Waals surface area contributed by atoms with E-state index in [1.54, 1.807) is 23.1 Å². The minimum absolute atomic E-state index is 0.246. The lowest BCUT2D eigenvalue weighted by Crippen LogP contribution is -2.30. The van der Waals surface area contributed by atoms with Crippen LogP contribution in [0.25, 0.3) is 0 Å². The van der Waals surface area contributed by atoms with Crippen molar-refractivity contribution in [2.75, 3.05) is 24.5 Å². The lowest BCUT2D eigenvalue weighted by atomic mass is 10.2. The van der Waals surface area contributed by atoms with E-state index in [1.165, 1.54) is 4.31 Å². The van der Waals surface area contributed by atoms with E-state index in [-0.39, 0.29) is 16.6 Å². The maximum Gasteiger partial charge on any atom is 0.294 e. The fourth-order valence-corrected chi connectivity index (χ4v) is 5.63. The summed E-state index contributed by atoms with van der Waals surface area (Å²) in [6.45, 7) is 3.44. The van der Waals surface area contributed by atoms with Crippen LogP contribution in [0.1, 0.15) is 34.5 Å². The molecule has 0 aliphatic carbocycles. The van der Waals surface area contributed by atoms with Gasteiger partial charge in [-0.15, -0.1) is 0 Å². The summed E-state index contributed by atoms with van der Waals surface area (Å²) in [6.07, 6.45) is 2.48. The molecule has 2 aliphatic rings. The van der Waals surface area contributed by atoms with Crippen molar-refractivity contribution in [2.24, 2.45) is 0 Å². The molecule has 0 atom stereocenters. The van der Waals surface area contributed by atoms with Gasteiger partial charge in [-0.1, -0.05) is 6.07 Å². The van der Waals surface area contributed by atoms with Crippen molar-refractivity contribution in [3.05, 3.63) is 45.8 Å². The maximum atomic E-state index is 12.9. The highest BCUT2D eigenvalue weighted by atomic mass is 79.9. The van der Waals surface area contributed by atoms with Crippen LogP contribution < -0.4 is 4.90 Å². The molecule has 3 heterocycles. The van der Waals surface area contributed by atoms with Gasteiger partial charge < -0.3 is 9.32 Å². The summed E-state index contributed by atoms with van der Waals surface area (Å²) in [5.41, 5.74) is 2.38. The summed E-state index contributed by atoms with van der Waals surface area (Å²) in [5, 5.41) is 0. The molecule has 0 unspecified atom stereocenters. The van der Waals surface area contributed by atoms with E-state index < -0.39 is 10.0 Å². The van der Waals surface area contributed by atoms with Gasteiger partial charge in [0.1, 0.15) is 0 Å². The molecule has 0 spiro atoms. The van der Waals surface area contributed by atoms with Crippen LogP contribution >= 0.6 is 15.9 Å². The number of benzene rings is 1. The number of anilines is 1. The van der Waals surface area contributed by atoms with Crippen LogP contribution in [0, 0.1) is 6.92 Å². The average Bonchev–Trinajstić information content (AvgIpc) is 3.33. The number of fused-ring (bicyclic) bond motifs is 1. The molecular weight excluding hydrogens is 420 g/mol. The lowest BCUT2D eigenvalue weighted by Gasteiger charge is -2.19. The van der Waals surface area contributed by atoms with Crippen molar-refractivity contribution >= 4 is 37.5 Å². The summed E-state index contributed by atoms with van der Waals surface area (Å²) in [6, 6.07) is 6.84. The summed E-state index contributed by atoms with van der Waals surface area (Å²) < 4.78 is 33.2. The first-order chi connectivity index (χ1) is 12.4. The summed E-state index contributed by atoms with van der Waals surface area (Å²) in [5.74, 6) is 0.0280. The third kappa shape index (κ3) is 2.90. The molecule has 4 rings (SSSR count). The van der Waals surface area contributed by atoms with Gasteiger partial charge in [-0.2, -0.15) is 4.31 Å². The Balaban J connectivity index is 1.70. The molecule has 2 aromatic rings. The quantitative estimate of drug-likeness (QED) is 0.736. The zero-order valence-corrected chi connectivity index (χ0v) is 16.8. The molecule has 1 saturated heterocycles. The van der Waals surface area contributed by atoms with E-state index >= 15 is 0 Å². The monoisotopic (exact) mass is 438 g/mol. The number of aryl methyl sites for hydroxylation is 1. The molecule has 0 bridgehead atoms. The van der Waals surface area contributed by atoms with Gasteiger partial charge in [0.25, 0.3) is 5.91 Å². The molecule has 0 saturated carbocycles. The van der Waals surface area contributed by atoms with Gasteiger partial charge in [0.2, 0.25) is 10.0 Å². The van der Waals surface area contributed by atoms with Crippen molar-refractivity contribution in [3.8, 4) is 0 Å². The van der Waals surface area contributed by atoms with Gasteiger partial charge in [-0.3, -0.25) is 4.79 Å². The van der Waals surface area contributed by atoms with Gasteiger partial charge in [0.05, 0.1) is 4.90 Å². The van der Waals surface area contributed by atoms with Gasteiger partial charge in [0, 0.05) is 30.9 Å². The van der Waals surface area contributed by atoms with Crippen molar-refractivity contribution < 1.29 is 17.6 Å². The molecule has 0 N–H and O–H groups in total. The number of hydrogen-bond acceptors (Lipinski definition) is 4. The number of hydrogen-bond donors (Lipinski definition) is 0. The lowest BCUT2D eigenvalue weighted by molar-refractivity contribution is 0.0960. The Labute approximate surface area is 161 Å². The Kier molecular flexibility index (Phi) is 4.45. The normalized spacial score (nSPS) is 17.7. The Hall–Kier alpha value is -1.64. The minimum atomic E-state index is -3.51. The first kappa shape index (κ1) is 17.8. The highest BCUT2D eigenvalue weighted by Crippen LogP contribution is 2.34. The predicted molar refractivity (Wildman–Crippen MR) is 101 cm³/mol. The molecule has 0 radical (unpaired) electrons. The largest absolute Gasteiger partial charge is 0.444 e. The molecule has 138 valence electrons. The summed E-state index contributed by atoms with van der Waals surface area (Å²) >= 11 is 3.24. The Bertz CT molecular complexity index is 977. The van der Waals surface area contributed by atoms with Crippen LogP contribution in [0.15, 0.2) is 38.2 Å². The molecule has 1 aromatic carbocycles. The molecule has 1 aromatic heterocycles. The molecule has 2 aliphatic heterocycles. The smallest absolute Gasteiger partial charge is 0.294 e. The van der Waals surface area contributed by atoms with Crippen LogP contribution in [0.2, 0.25) is 0 Å². The van der Waals surface area contributed by atoms with E-state index in [9.17, 15) is 13.2 Å². The number of rotatable bonds is 3. The van der Waals surface area contributed by atoms with Gasteiger partial charge >= 0.3 is 0 Å². The zero-order chi connectivity index (χ0) is 18.5. The molecule has 1 amide bonds. The predicted octanol–water partition coefficient (Wildman–Crippen LogP) is 3.34. The number of carbonyl (C=O) groups excluding carboxylic acids is 1. The topological polar surface area (TPSA) is 70.8 Å². The fourth-order valence-electron chi connectivity index (χ4n) is 3.59. The second kappa shape index (κ2) is 6.51. The Morgan fingerprint density at radius 1 is 1.15 bits per heavy atom. The second-order valence-corrected chi connectivity index (χ2v) is 9.39. The fraction of sp³-hybridized carbons (Fsp3) is 0.389. The Morgan fingerprint density at radius 2 is 1.88 bits per heavy atom. The van der Waals surface area contributed by atoms with E-state index in [2.05, 4.69) is 15.9 Å². The second-order valence-electron chi connectivity index (χ2n) is 6.67. The molecule has 1 fully saturated rings. The van der Waals surface area contributed by atoms with Crippen molar-refractivity contribution in [1.29, 1.82) is 0 Å². The van der Waals surface area contributed by atoms with E-state index in [0.717, 1.165) is 24.0 Å². The number of amides is 1. The number of sulfonamides is 1. The van der Waals surface area contributed by atoms with E-state index in [1.807, 2.05) is 13.0 Å². The number of carbonyl (C=O) groups is 1. The third-order valence-electron chi connectivity index (χ3n) is 4.98. The van der Waals surface area contributed by atoms with Gasteiger partial charge in [0.15, 0.2) is 10.4 Å². The highest BCUT2D eigenvalue weighted by Gasteiger charge is 2.32. The average molecular weight is 439 g/mol. The zero-order valence-electron chi connectivity index (χ0n) is 14.4. The Morgan fingerprint density at radius 3 is 2.54 bits per heavy atom. The first-order valence-corrected chi connectivity index (χ1v) is 10.8. The van der Waals surface area contributed by atoms with Crippen LogP contribution in [0.3, 0.4) is 0 Å². The van der Waals surface area contributed by atoms with Crippen LogP contribution in [-0.2, 0) is 16.4 Å². The van der Waals surface area contributed by atoms with Gasteiger partial charge in [-0.25, -0.2) is 8.42 Å². The number of halogens is 1. The minimum Gasteiger partial charge on any atom is -0.444 e. The highest BCUT2D eigenvalue weighted by molar-refractivity contribution is 9.10. The van der Waals surface area contributed by atoms with Crippen molar-refractivity contribution in [2.45, 2.75) is 31.1 Å². The standard InChI is InChI=1S/C18H19BrN2O4S/c1-12-10-16(19)25-17(12)18(22)21-9-6-13-4-5-14(11-15(13)21)26(23,24)20-7-2-3-8-20/h4-5,10-11H,2-3,6-9H2,1H3. The van der Waals surface area contributed by atoms with Crippen LogP contribution in [-0.4, -0.2) is 38.3 Å². The molecule has 6 nitrogen and oxygen atoms in total. The molecular formula is C18H19BrN2O4S. The summed E-state index contributed by atoms with van der Waals surface area (Å²) in [4.78, 5) is 14.8. The van der Waals surface area contributed by atoms with E-state index in [4.69, 9.17) is 4.42 Å². The van der Waals surface area contributed by atoms with Crippen molar-refractivity contribution in [3.63, 3.8) is 0 Å². The number of furan rings is 1. The number of nitrogens with zero attached hydrogens (tertiary/aromatic N) is 2. The summed E-state index contributed by atoms with van der Waals surface area (Å²) in [7, 11) is -3.51. The van der Waals surface area contributed by atoms with Crippen molar-refractivity contribution in [1.82, 2.24) is 4.31 Å². The van der Waals surface area contributed by atoms with E-state index in [0.29, 0.717) is 36.4 Å². The van der Waals surface area contributed by atoms with Crippen LogP contribution in [0.5, 0.6) is 0 Å². The molecule has 8 heteroatoms. The maximum absolute atomic E-state index is 12.9. The molecule has 26 heavy (non-hydrogen) atoms. The SMILES string of the molecule is Cc1cc(Br)oc1C(=O)N1CCc2ccc(S(=O)(=O)N3CCCC3)cc21.